The smallest absolute Gasteiger partial charge is 0.162 e. The average Bonchev–Trinajstić information content (AvgIpc) is 2.84. The van der Waals surface area contributed by atoms with Gasteiger partial charge in [-0.05, 0) is 47.5 Å². The van der Waals surface area contributed by atoms with Crippen molar-refractivity contribution in [3.8, 4) is 23.0 Å². The van der Waals surface area contributed by atoms with Crippen molar-refractivity contribution >= 4 is 57.0 Å². The summed E-state index contributed by atoms with van der Waals surface area (Å²) in [6, 6.07) is 18.1. The van der Waals surface area contributed by atoms with Crippen molar-refractivity contribution in [2.24, 2.45) is 0 Å². The van der Waals surface area contributed by atoms with Gasteiger partial charge in [-0.2, -0.15) is 0 Å². The summed E-state index contributed by atoms with van der Waals surface area (Å²) in [6.45, 7) is 0. The second-order valence-electron chi connectivity index (χ2n) is 8.14. The fraction of sp³-hybridized carbons (Fsp3) is 0.179. The molecule has 0 amide bonds. The summed E-state index contributed by atoms with van der Waals surface area (Å²) < 4.78 is 16.9. The number of ether oxygens (including phenoxy) is 3. The van der Waals surface area contributed by atoms with Crippen molar-refractivity contribution in [3.63, 3.8) is 0 Å². The Morgan fingerprint density at radius 2 is 1.61 bits per heavy atom. The highest BCUT2D eigenvalue weighted by atomic mass is 35.5. The molecule has 184 valence electrons. The Kier molecular flexibility index (Phi) is 8.41. The van der Waals surface area contributed by atoms with Crippen LogP contribution in [0.15, 0.2) is 66.9 Å². The van der Waals surface area contributed by atoms with Gasteiger partial charge < -0.3 is 14.2 Å². The summed E-state index contributed by atoms with van der Waals surface area (Å²) in [6.07, 6.45) is 2.63. The van der Waals surface area contributed by atoms with Gasteiger partial charge in [0.05, 0.1) is 24.8 Å². The van der Waals surface area contributed by atoms with Crippen LogP contribution in [0.5, 0.6) is 23.0 Å². The lowest BCUT2D eigenvalue weighted by Gasteiger charge is -2.13. The van der Waals surface area contributed by atoms with Crippen LogP contribution in [0, 0.1) is 0 Å². The quantitative estimate of drug-likeness (QED) is 0.195. The number of ketones is 1. The van der Waals surface area contributed by atoms with E-state index in [0.29, 0.717) is 56.3 Å². The molecule has 8 heteroatoms. The zero-order valence-electron chi connectivity index (χ0n) is 19.7. The molecule has 4 aromatic rings. The molecule has 0 fully saturated rings. The summed E-state index contributed by atoms with van der Waals surface area (Å²) in [4.78, 5) is 17.5. The highest BCUT2D eigenvalue weighted by Crippen LogP contribution is 2.38. The van der Waals surface area contributed by atoms with E-state index in [9.17, 15) is 4.79 Å². The fourth-order valence-corrected chi connectivity index (χ4v) is 4.62. The van der Waals surface area contributed by atoms with Crippen LogP contribution < -0.4 is 14.2 Å². The van der Waals surface area contributed by atoms with Crippen LogP contribution in [0.25, 0.3) is 10.9 Å². The lowest BCUT2D eigenvalue weighted by molar-refractivity contribution is -0.117. The number of aromatic nitrogens is 1. The molecule has 0 N–H and O–H groups in total. The molecule has 1 aromatic heterocycles. The molecule has 5 nitrogen and oxygen atoms in total. The molecule has 3 aromatic carbocycles. The minimum absolute atomic E-state index is 0.0462. The van der Waals surface area contributed by atoms with Crippen LogP contribution in [-0.4, -0.2) is 29.9 Å². The largest absolute Gasteiger partial charge is 0.493 e. The van der Waals surface area contributed by atoms with Gasteiger partial charge in [-0.1, -0.05) is 53.6 Å². The first-order valence-electron chi connectivity index (χ1n) is 11.1. The molecule has 4 rings (SSSR count). The molecule has 0 aliphatic rings. The summed E-state index contributed by atoms with van der Waals surface area (Å²) >= 11 is 18.0. The predicted octanol–water partition coefficient (Wildman–Crippen LogP) is 7.47. The van der Waals surface area contributed by atoms with Crippen LogP contribution >= 0.6 is 35.4 Å². The van der Waals surface area contributed by atoms with E-state index >= 15 is 0 Å². The van der Waals surface area contributed by atoms with Gasteiger partial charge >= 0.3 is 0 Å². The maximum Gasteiger partial charge on any atom is 0.162 e. The van der Waals surface area contributed by atoms with Gasteiger partial charge in [0.25, 0.3) is 0 Å². The monoisotopic (exact) mass is 539 g/mol. The molecule has 0 spiro atoms. The van der Waals surface area contributed by atoms with Crippen molar-refractivity contribution in [2.45, 2.75) is 19.3 Å². The Hall–Kier alpha value is -3.19. The SMILES string of the molecule is COc1cc2nccc(Oc3ccc(CC(=S)CC(=O)Cc4cccc(Cl)c4)cc3Cl)c2cc1OC. The summed E-state index contributed by atoms with van der Waals surface area (Å²) in [5, 5.41) is 1.80. The Morgan fingerprint density at radius 3 is 2.33 bits per heavy atom. The van der Waals surface area contributed by atoms with Crippen molar-refractivity contribution in [3.05, 3.63) is 88.0 Å². The number of fused-ring (bicyclic) bond motifs is 1. The number of carbonyl (C=O) groups is 1. The number of carbonyl (C=O) groups excluding carboxylic acids is 1. The number of nitrogens with zero attached hydrogens (tertiary/aromatic N) is 1. The van der Waals surface area contributed by atoms with Crippen LogP contribution in [0.3, 0.4) is 0 Å². The Labute approximate surface area is 224 Å². The van der Waals surface area contributed by atoms with E-state index in [-0.39, 0.29) is 12.2 Å². The zero-order valence-corrected chi connectivity index (χ0v) is 22.0. The summed E-state index contributed by atoms with van der Waals surface area (Å²) in [5.41, 5.74) is 2.48. The summed E-state index contributed by atoms with van der Waals surface area (Å²) in [7, 11) is 3.15. The number of pyridine rings is 1. The van der Waals surface area contributed by atoms with E-state index in [2.05, 4.69) is 4.98 Å². The number of rotatable bonds is 10. The molecule has 0 aliphatic carbocycles. The maximum atomic E-state index is 12.4. The van der Waals surface area contributed by atoms with Crippen LogP contribution in [0.1, 0.15) is 17.5 Å². The number of benzene rings is 3. The number of thiocarbonyl (C=S) groups is 1. The van der Waals surface area contributed by atoms with Crippen molar-refractivity contribution in [1.29, 1.82) is 0 Å². The van der Waals surface area contributed by atoms with Crippen molar-refractivity contribution in [1.82, 2.24) is 4.98 Å². The Morgan fingerprint density at radius 1 is 0.861 bits per heavy atom. The minimum Gasteiger partial charge on any atom is -0.493 e. The first-order valence-corrected chi connectivity index (χ1v) is 12.3. The van der Waals surface area contributed by atoms with Crippen LogP contribution in [0.4, 0.5) is 0 Å². The number of methoxy groups -OCH3 is 2. The van der Waals surface area contributed by atoms with Crippen LogP contribution in [0.2, 0.25) is 10.0 Å². The molecule has 0 bridgehead atoms. The van der Waals surface area contributed by atoms with Crippen molar-refractivity contribution in [2.75, 3.05) is 14.2 Å². The van der Waals surface area contributed by atoms with Gasteiger partial charge in [-0.3, -0.25) is 9.78 Å². The Balaban J connectivity index is 1.44. The molecular weight excluding hydrogens is 517 g/mol. The molecule has 0 unspecified atom stereocenters. The number of hydrogen-bond acceptors (Lipinski definition) is 6. The topological polar surface area (TPSA) is 57.7 Å². The second-order valence-corrected chi connectivity index (χ2v) is 9.56. The van der Waals surface area contributed by atoms with Gasteiger partial charge in [0, 0.05) is 46.8 Å². The minimum atomic E-state index is 0.0462. The normalized spacial score (nSPS) is 10.8. The third-order valence-corrected chi connectivity index (χ3v) is 6.33. The van der Waals surface area contributed by atoms with E-state index in [4.69, 9.17) is 49.6 Å². The molecule has 0 atom stereocenters. The molecule has 36 heavy (non-hydrogen) atoms. The van der Waals surface area contributed by atoms with Crippen LogP contribution in [-0.2, 0) is 17.6 Å². The van der Waals surface area contributed by atoms with E-state index in [1.165, 1.54) is 0 Å². The molecule has 0 radical (unpaired) electrons. The molecule has 0 aliphatic heterocycles. The maximum absolute atomic E-state index is 12.4. The van der Waals surface area contributed by atoms with Gasteiger partial charge in [-0.15, -0.1) is 0 Å². The van der Waals surface area contributed by atoms with E-state index in [0.717, 1.165) is 16.5 Å². The zero-order chi connectivity index (χ0) is 25.7. The first-order chi connectivity index (χ1) is 17.4. The standard InChI is InChI=1S/C28H23Cl2NO4S/c1-33-27-15-22-24(16-28(27)34-2)31-9-8-25(22)35-26-7-6-18(13-23(26)30)12-21(36)14-20(32)11-17-4-3-5-19(29)10-17/h3-10,13,15-16H,11-12,14H2,1-2H3. The average molecular weight is 540 g/mol. The molecule has 1 heterocycles. The second kappa shape index (κ2) is 11.7. The molecular formula is C28H23Cl2NO4S. The fourth-order valence-electron chi connectivity index (χ4n) is 3.84. The Bertz CT molecular complexity index is 1440. The number of halogens is 2. The van der Waals surface area contributed by atoms with E-state index in [1.54, 1.807) is 56.8 Å². The van der Waals surface area contributed by atoms with Gasteiger partial charge in [-0.25, -0.2) is 0 Å². The highest BCUT2D eigenvalue weighted by molar-refractivity contribution is 7.80. The van der Waals surface area contributed by atoms with E-state index in [1.807, 2.05) is 24.3 Å². The van der Waals surface area contributed by atoms with E-state index < -0.39 is 0 Å². The molecule has 0 saturated heterocycles. The summed E-state index contributed by atoms with van der Waals surface area (Å²) in [5.74, 6) is 2.27. The van der Waals surface area contributed by atoms with Gasteiger partial charge in [0.1, 0.15) is 17.3 Å². The lowest BCUT2D eigenvalue weighted by atomic mass is 10.0. The molecule has 0 saturated carbocycles. The third kappa shape index (κ3) is 6.32. The number of hydrogen-bond donors (Lipinski definition) is 0. The van der Waals surface area contributed by atoms with Crippen molar-refractivity contribution < 1.29 is 19.0 Å². The number of Topliss-reactive ketones (excluding diaryl/α,β-unsaturated/α-hetero) is 1. The first kappa shape index (κ1) is 25.9. The highest BCUT2D eigenvalue weighted by Gasteiger charge is 2.14. The lowest BCUT2D eigenvalue weighted by Crippen LogP contribution is -2.11. The third-order valence-electron chi connectivity index (χ3n) is 5.51. The van der Waals surface area contributed by atoms with Gasteiger partial charge in [0.15, 0.2) is 11.5 Å². The van der Waals surface area contributed by atoms with Gasteiger partial charge in [0.2, 0.25) is 0 Å². The predicted molar refractivity (Wildman–Crippen MR) is 147 cm³/mol.